The molecule has 0 aliphatic rings. The molecule has 1 aromatic heterocycles. The highest BCUT2D eigenvalue weighted by molar-refractivity contribution is 7.99. The van der Waals surface area contributed by atoms with E-state index >= 15 is 0 Å². The van der Waals surface area contributed by atoms with Crippen molar-refractivity contribution >= 4 is 35.0 Å². The normalized spacial score (nSPS) is 10.7. The van der Waals surface area contributed by atoms with Crippen molar-refractivity contribution in [1.29, 1.82) is 0 Å². The lowest BCUT2D eigenvalue weighted by Crippen LogP contribution is -2.16. The van der Waals surface area contributed by atoms with Crippen LogP contribution in [0.2, 0.25) is 0 Å². The second-order valence-corrected chi connectivity index (χ2v) is 6.96. The number of nitrogens with one attached hydrogen (secondary N) is 3. The van der Waals surface area contributed by atoms with E-state index in [1.807, 2.05) is 13.8 Å². The van der Waals surface area contributed by atoms with E-state index in [9.17, 15) is 14.4 Å². The molecule has 0 fully saturated rings. The summed E-state index contributed by atoms with van der Waals surface area (Å²) in [6, 6.07) is 8.15. The van der Waals surface area contributed by atoms with E-state index in [4.69, 9.17) is 4.74 Å². The van der Waals surface area contributed by atoms with Gasteiger partial charge in [0.05, 0.1) is 24.2 Å². The molecule has 144 valence electrons. The van der Waals surface area contributed by atoms with Gasteiger partial charge in [0.25, 0.3) is 5.56 Å². The molecule has 0 atom stereocenters. The Labute approximate surface area is 161 Å². The third-order valence-corrected chi connectivity index (χ3v) is 4.04. The Morgan fingerprint density at radius 1 is 1.19 bits per heavy atom. The van der Waals surface area contributed by atoms with Crippen LogP contribution in [0.3, 0.4) is 0 Å². The molecule has 2 aromatic rings. The highest BCUT2D eigenvalue weighted by Gasteiger charge is 2.08. The molecule has 9 heteroatoms. The molecule has 27 heavy (non-hydrogen) atoms. The van der Waals surface area contributed by atoms with E-state index < -0.39 is 0 Å². The van der Waals surface area contributed by atoms with Gasteiger partial charge < -0.3 is 20.4 Å². The highest BCUT2D eigenvalue weighted by atomic mass is 32.2. The average molecular weight is 390 g/mol. The second kappa shape index (κ2) is 9.89. The van der Waals surface area contributed by atoms with Gasteiger partial charge in [-0.3, -0.25) is 14.4 Å². The maximum Gasteiger partial charge on any atom is 0.251 e. The van der Waals surface area contributed by atoms with Crippen molar-refractivity contribution in [2.45, 2.75) is 38.6 Å². The van der Waals surface area contributed by atoms with Crippen molar-refractivity contribution in [2.75, 3.05) is 16.4 Å². The summed E-state index contributed by atoms with van der Waals surface area (Å²) in [7, 11) is 0. The van der Waals surface area contributed by atoms with E-state index in [1.54, 1.807) is 24.3 Å². The van der Waals surface area contributed by atoms with Crippen molar-refractivity contribution in [1.82, 2.24) is 9.97 Å². The van der Waals surface area contributed by atoms with Gasteiger partial charge in [-0.1, -0.05) is 11.8 Å². The number of H-pyrrole nitrogens is 1. The lowest BCUT2D eigenvalue weighted by Gasteiger charge is -2.08. The molecule has 0 radical (unpaired) electrons. The largest absolute Gasteiger partial charge is 0.373 e. The van der Waals surface area contributed by atoms with Crippen molar-refractivity contribution < 1.29 is 14.3 Å². The van der Waals surface area contributed by atoms with Crippen LogP contribution < -0.4 is 16.2 Å². The van der Waals surface area contributed by atoms with Gasteiger partial charge in [0.1, 0.15) is 0 Å². The molecule has 0 aliphatic heterocycles. The number of amides is 2. The first-order valence-electron chi connectivity index (χ1n) is 8.34. The lowest BCUT2D eigenvalue weighted by atomic mass is 10.3. The third kappa shape index (κ3) is 7.63. The molecule has 1 aromatic carbocycles. The standard InChI is InChI=1S/C18H22N4O4S/c1-11(2)26-9-15-8-16(24)22-18(21-15)27-10-17(25)20-14-6-4-13(5-7-14)19-12(3)23/h4-8,11H,9-10H2,1-3H3,(H,19,23)(H,20,25)(H,21,22,24). The Kier molecular flexibility index (Phi) is 7.56. The van der Waals surface area contributed by atoms with Crippen LogP contribution in [-0.2, 0) is 20.9 Å². The number of ether oxygens (including phenoxy) is 1. The fourth-order valence-corrected chi connectivity index (χ4v) is 2.74. The predicted molar refractivity (Wildman–Crippen MR) is 105 cm³/mol. The van der Waals surface area contributed by atoms with Crippen LogP contribution in [0.15, 0.2) is 40.3 Å². The number of benzene rings is 1. The summed E-state index contributed by atoms with van der Waals surface area (Å²) in [4.78, 5) is 41.7. The van der Waals surface area contributed by atoms with Gasteiger partial charge in [-0.15, -0.1) is 0 Å². The van der Waals surface area contributed by atoms with Crippen molar-refractivity contribution in [3.63, 3.8) is 0 Å². The van der Waals surface area contributed by atoms with Gasteiger partial charge in [-0.25, -0.2) is 4.98 Å². The Hall–Kier alpha value is -2.65. The van der Waals surface area contributed by atoms with E-state index in [1.165, 1.54) is 13.0 Å². The number of anilines is 2. The fraction of sp³-hybridized carbons (Fsp3) is 0.333. The molecule has 0 aliphatic carbocycles. The summed E-state index contributed by atoms with van der Waals surface area (Å²) >= 11 is 1.13. The Morgan fingerprint density at radius 3 is 2.41 bits per heavy atom. The summed E-state index contributed by atoms with van der Waals surface area (Å²) in [6.07, 6.45) is 0.0324. The third-order valence-electron chi connectivity index (χ3n) is 3.17. The Balaban J connectivity index is 1.89. The Bertz CT molecular complexity index is 849. The first-order valence-corrected chi connectivity index (χ1v) is 9.32. The molecule has 0 unspecified atom stereocenters. The number of hydrogen-bond acceptors (Lipinski definition) is 6. The minimum Gasteiger partial charge on any atom is -0.373 e. The maximum absolute atomic E-state index is 12.1. The van der Waals surface area contributed by atoms with Gasteiger partial charge in [0.15, 0.2) is 5.16 Å². The molecule has 0 bridgehead atoms. The molecule has 1 heterocycles. The summed E-state index contributed by atoms with van der Waals surface area (Å²) in [6.45, 7) is 5.46. The summed E-state index contributed by atoms with van der Waals surface area (Å²) < 4.78 is 5.45. The van der Waals surface area contributed by atoms with Crippen LogP contribution in [0.25, 0.3) is 0 Å². The van der Waals surface area contributed by atoms with Gasteiger partial charge in [-0.2, -0.15) is 0 Å². The Morgan fingerprint density at radius 2 is 1.81 bits per heavy atom. The number of hydrogen-bond donors (Lipinski definition) is 3. The topological polar surface area (TPSA) is 113 Å². The van der Waals surface area contributed by atoms with Crippen LogP contribution in [0, 0.1) is 0 Å². The number of nitrogens with zero attached hydrogens (tertiary/aromatic N) is 1. The molecule has 0 spiro atoms. The number of aromatic nitrogens is 2. The average Bonchev–Trinajstić information content (AvgIpc) is 2.59. The molecule has 8 nitrogen and oxygen atoms in total. The van der Waals surface area contributed by atoms with Crippen LogP contribution >= 0.6 is 11.8 Å². The summed E-state index contributed by atoms with van der Waals surface area (Å²) in [5, 5.41) is 5.76. The molecule has 0 saturated heterocycles. The van der Waals surface area contributed by atoms with Crippen molar-refractivity contribution in [2.24, 2.45) is 0 Å². The molecular formula is C18H22N4O4S. The number of carbonyl (C=O) groups excluding carboxylic acids is 2. The number of aromatic amines is 1. The van der Waals surface area contributed by atoms with Crippen LogP contribution in [0.1, 0.15) is 26.5 Å². The first kappa shape index (κ1) is 20.7. The van der Waals surface area contributed by atoms with Crippen molar-refractivity contribution in [3.05, 3.63) is 46.4 Å². The monoisotopic (exact) mass is 390 g/mol. The molecule has 2 amide bonds. The van der Waals surface area contributed by atoms with Gasteiger partial charge in [-0.05, 0) is 38.1 Å². The lowest BCUT2D eigenvalue weighted by molar-refractivity contribution is -0.114. The van der Waals surface area contributed by atoms with E-state index in [0.29, 0.717) is 22.2 Å². The van der Waals surface area contributed by atoms with Gasteiger partial charge in [0, 0.05) is 24.4 Å². The number of rotatable bonds is 8. The van der Waals surface area contributed by atoms with Gasteiger partial charge >= 0.3 is 0 Å². The van der Waals surface area contributed by atoms with Gasteiger partial charge in [0.2, 0.25) is 11.8 Å². The zero-order valence-corrected chi connectivity index (χ0v) is 16.2. The van der Waals surface area contributed by atoms with Crippen LogP contribution in [0.5, 0.6) is 0 Å². The quantitative estimate of drug-likeness (QED) is 0.471. The van der Waals surface area contributed by atoms with E-state index in [-0.39, 0.29) is 35.8 Å². The summed E-state index contributed by atoms with van der Waals surface area (Å²) in [5.74, 6) is -0.310. The smallest absolute Gasteiger partial charge is 0.251 e. The molecule has 0 saturated carbocycles. The fourth-order valence-electron chi connectivity index (χ4n) is 2.05. The first-order chi connectivity index (χ1) is 12.8. The maximum atomic E-state index is 12.1. The van der Waals surface area contributed by atoms with E-state index in [0.717, 1.165) is 11.8 Å². The number of thioether (sulfide) groups is 1. The molecule has 2 rings (SSSR count). The highest BCUT2D eigenvalue weighted by Crippen LogP contribution is 2.16. The summed E-state index contributed by atoms with van der Waals surface area (Å²) in [5.41, 5.74) is 1.49. The molecular weight excluding hydrogens is 368 g/mol. The molecule has 3 N–H and O–H groups in total. The van der Waals surface area contributed by atoms with Crippen LogP contribution in [-0.4, -0.2) is 33.6 Å². The zero-order valence-electron chi connectivity index (χ0n) is 15.4. The minimum atomic E-state index is -0.288. The van der Waals surface area contributed by atoms with Crippen LogP contribution in [0.4, 0.5) is 11.4 Å². The van der Waals surface area contributed by atoms with E-state index in [2.05, 4.69) is 20.6 Å². The SMILES string of the molecule is CC(=O)Nc1ccc(NC(=O)CSc2nc(COC(C)C)cc(=O)[nH]2)cc1. The predicted octanol–water partition coefficient (Wildman–Crippen LogP) is 2.38. The second-order valence-electron chi connectivity index (χ2n) is 6.00. The minimum absolute atomic E-state index is 0.0324. The zero-order chi connectivity index (χ0) is 19.8. The number of carbonyl (C=O) groups is 2. The van der Waals surface area contributed by atoms with Crippen molar-refractivity contribution in [3.8, 4) is 0 Å².